The van der Waals surface area contributed by atoms with Crippen LogP contribution in [0.25, 0.3) is 0 Å². The highest BCUT2D eigenvalue weighted by molar-refractivity contribution is 5.98. The third kappa shape index (κ3) is 6.44. The molecule has 1 aliphatic carbocycles. The number of nitrogens with zero attached hydrogens (tertiary/aromatic N) is 2. The Hall–Kier alpha value is -3.81. The second-order valence-corrected chi connectivity index (χ2v) is 9.83. The van der Waals surface area contributed by atoms with Crippen LogP contribution in [0.15, 0.2) is 67.3 Å². The second kappa shape index (κ2) is 11.3. The van der Waals surface area contributed by atoms with Crippen LogP contribution in [0.2, 0.25) is 0 Å². The number of hydrogen-bond donors (Lipinski definition) is 3. The fraction of sp³-hybridized carbons (Fsp3) is 0.357. The fourth-order valence-electron chi connectivity index (χ4n) is 4.62. The monoisotopic (exact) mass is 489 g/mol. The van der Waals surface area contributed by atoms with Gasteiger partial charge in [0.15, 0.2) is 5.82 Å². The van der Waals surface area contributed by atoms with Crippen LogP contribution in [-0.4, -0.2) is 27.8 Å². The lowest BCUT2D eigenvalue weighted by Crippen LogP contribution is -2.52. The molecule has 0 bridgehead atoms. The molecule has 1 saturated carbocycles. The number of carbonyl (C=O) groups excluding carboxylic acids is 2. The van der Waals surface area contributed by atoms with E-state index in [1.54, 1.807) is 36.7 Å². The van der Waals surface area contributed by atoms with E-state index < -0.39 is 17.4 Å². The average molecular weight is 490 g/mol. The Morgan fingerprint density at radius 3 is 2.56 bits per heavy atom. The quantitative estimate of drug-likeness (QED) is 0.389. The van der Waals surface area contributed by atoms with Crippen molar-refractivity contribution in [3.05, 3.63) is 84.2 Å². The third-order valence-electron chi connectivity index (χ3n) is 6.66. The maximum Gasteiger partial charge on any atom is 0.252 e. The van der Waals surface area contributed by atoms with Crippen LogP contribution in [0.1, 0.15) is 61.9 Å². The summed E-state index contributed by atoms with van der Waals surface area (Å²) in [7, 11) is 0. The summed E-state index contributed by atoms with van der Waals surface area (Å²) in [6, 6.07) is 11.4. The minimum Gasteiger partial charge on any atom is -0.353 e. The van der Waals surface area contributed by atoms with Crippen molar-refractivity contribution < 1.29 is 14.0 Å². The SMILES string of the molecule is CC(C)(NC(=O)[C@H](CC1CCCC1)NC(=O)c1cccc(Nc2ccncc2F)c1)c1cccnc1. The van der Waals surface area contributed by atoms with Crippen LogP contribution in [0.4, 0.5) is 15.8 Å². The molecule has 0 unspecified atom stereocenters. The van der Waals surface area contributed by atoms with Gasteiger partial charge in [-0.25, -0.2) is 4.39 Å². The van der Waals surface area contributed by atoms with E-state index in [-0.39, 0.29) is 17.5 Å². The van der Waals surface area contributed by atoms with E-state index in [9.17, 15) is 14.0 Å². The van der Waals surface area contributed by atoms with E-state index in [2.05, 4.69) is 25.9 Å². The zero-order valence-corrected chi connectivity index (χ0v) is 20.6. The van der Waals surface area contributed by atoms with Gasteiger partial charge in [0.25, 0.3) is 5.91 Å². The highest BCUT2D eigenvalue weighted by Crippen LogP contribution is 2.29. The van der Waals surface area contributed by atoms with Crippen molar-refractivity contribution in [2.75, 3.05) is 5.32 Å². The third-order valence-corrected chi connectivity index (χ3v) is 6.66. The van der Waals surface area contributed by atoms with Crippen molar-refractivity contribution >= 4 is 23.2 Å². The van der Waals surface area contributed by atoms with Crippen LogP contribution in [0.3, 0.4) is 0 Å². The van der Waals surface area contributed by atoms with Crippen molar-refractivity contribution in [3.63, 3.8) is 0 Å². The molecular weight excluding hydrogens is 457 g/mol. The molecule has 1 aliphatic rings. The molecule has 36 heavy (non-hydrogen) atoms. The number of anilines is 2. The summed E-state index contributed by atoms with van der Waals surface area (Å²) in [6.45, 7) is 3.84. The normalized spacial score (nSPS) is 14.8. The number of aromatic nitrogens is 2. The summed E-state index contributed by atoms with van der Waals surface area (Å²) in [4.78, 5) is 34.6. The Kier molecular flexibility index (Phi) is 7.93. The average Bonchev–Trinajstić information content (AvgIpc) is 3.39. The molecule has 2 amide bonds. The smallest absolute Gasteiger partial charge is 0.252 e. The standard InChI is InChI=1S/C28H32FN5O2/c1-28(2,21-10-6-13-30-17-21)34-27(36)25(15-19-7-3-4-8-19)33-26(35)20-9-5-11-22(16-20)32-24-12-14-31-18-23(24)29/h5-6,9-14,16-19,25H,3-4,7-8,15H2,1-2H3,(H,31,32)(H,33,35)(H,34,36)/t25-/m0/s1. The van der Waals surface area contributed by atoms with Gasteiger partial charge in [-0.1, -0.05) is 37.8 Å². The molecule has 7 nitrogen and oxygen atoms in total. The van der Waals surface area contributed by atoms with Crippen molar-refractivity contribution in [2.24, 2.45) is 5.92 Å². The summed E-state index contributed by atoms with van der Waals surface area (Å²) < 4.78 is 14.0. The lowest BCUT2D eigenvalue weighted by molar-refractivity contribution is -0.125. The van der Waals surface area contributed by atoms with Crippen molar-refractivity contribution in [1.29, 1.82) is 0 Å². The minimum atomic E-state index is -0.675. The van der Waals surface area contributed by atoms with E-state index in [0.717, 1.165) is 37.4 Å². The molecule has 1 fully saturated rings. The Bertz CT molecular complexity index is 1200. The van der Waals surface area contributed by atoms with Gasteiger partial charge in [0, 0.05) is 29.8 Å². The predicted octanol–water partition coefficient (Wildman–Crippen LogP) is 5.09. The molecule has 3 N–H and O–H groups in total. The topological polar surface area (TPSA) is 96.0 Å². The van der Waals surface area contributed by atoms with Gasteiger partial charge in [-0.15, -0.1) is 0 Å². The molecular formula is C28H32FN5O2. The molecule has 1 aromatic carbocycles. The van der Waals surface area contributed by atoms with E-state index in [1.165, 1.54) is 12.3 Å². The molecule has 0 aliphatic heterocycles. The van der Waals surface area contributed by atoms with Gasteiger partial charge in [-0.05, 0) is 62.1 Å². The van der Waals surface area contributed by atoms with Gasteiger partial charge in [0.1, 0.15) is 6.04 Å². The highest BCUT2D eigenvalue weighted by Gasteiger charge is 2.31. The highest BCUT2D eigenvalue weighted by atomic mass is 19.1. The fourth-order valence-corrected chi connectivity index (χ4v) is 4.62. The zero-order chi connectivity index (χ0) is 25.5. The first kappa shape index (κ1) is 25.3. The summed E-state index contributed by atoms with van der Waals surface area (Å²) >= 11 is 0. The molecule has 1 atom stereocenters. The van der Waals surface area contributed by atoms with E-state index >= 15 is 0 Å². The lowest BCUT2D eigenvalue weighted by atomic mass is 9.93. The molecule has 8 heteroatoms. The Morgan fingerprint density at radius 2 is 1.83 bits per heavy atom. The van der Waals surface area contributed by atoms with Gasteiger partial charge in [-0.3, -0.25) is 19.6 Å². The summed E-state index contributed by atoms with van der Waals surface area (Å²) in [6.07, 6.45) is 11.0. The largest absolute Gasteiger partial charge is 0.353 e. The Balaban J connectivity index is 1.49. The number of hydrogen-bond acceptors (Lipinski definition) is 5. The number of nitrogens with one attached hydrogen (secondary N) is 3. The summed E-state index contributed by atoms with van der Waals surface area (Å²) in [5, 5.41) is 9.03. The number of carbonyl (C=O) groups is 2. The predicted molar refractivity (Wildman–Crippen MR) is 137 cm³/mol. The number of amides is 2. The molecule has 0 radical (unpaired) electrons. The summed E-state index contributed by atoms with van der Waals surface area (Å²) in [5.74, 6) is -0.675. The Labute approximate surface area is 210 Å². The molecule has 0 spiro atoms. The van der Waals surface area contributed by atoms with Gasteiger partial charge in [0.05, 0.1) is 17.4 Å². The van der Waals surface area contributed by atoms with Crippen molar-refractivity contribution in [1.82, 2.24) is 20.6 Å². The van der Waals surface area contributed by atoms with Crippen LogP contribution < -0.4 is 16.0 Å². The number of pyridine rings is 2. The van der Waals surface area contributed by atoms with Crippen LogP contribution >= 0.6 is 0 Å². The number of halogens is 1. The summed E-state index contributed by atoms with van der Waals surface area (Å²) in [5.41, 5.74) is 1.43. The molecule has 2 aromatic heterocycles. The first-order valence-corrected chi connectivity index (χ1v) is 12.3. The number of rotatable bonds is 9. The second-order valence-electron chi connectivity index (χ2n) is 9.83. The Morgan fingerprint density at radius 1 is 1.06 bits per heavy atom. The molecule has 3 aromatic rings. The van der Waals surface area contributed by atoms with E-state index in [4.69, 9.17) is 0 Å². The number of benzene rings is 1. The lowest BCUT2D eigenvalue weighted by Gasteiger charge is -2.30. The van der Waals surface area contributed by atoms with Crippen molar-refractivity contribution in [2.45, 2.75) is 57.5 Å². The maximum atomic E-state index is 14.0. The van der Waals surface area contributed by atoms with Crippen LogP contribution in [0, 0.1) is 11.7 Å². The molecule has 0 saturated heterocycles. The van der Waals surface area contributed by atoms with Gasteiger partial charge in [0.2, 0.25) is 5.91 Å². The first-order chi connectivity index (χ1) is 17.3. The van der Waals surface area contributed by atoms with Gasteiger partial charge < -0.3 is 16.0 Å². The molecule has 2 heterocycles. The zero-order valence-electron chi connectivity index (χ0n) is 20.6. The first-order valence-electron chi connectivity index (χ1n) is 12.3. The maximum absolute atomic E-state index is 14.0. The van der Waals surface area contributed by atoms with Crippen molar-refractivity contribution in [3.8, 4) is 0 Å². The molecule has 188 valence electrons. The van der Waals surface area contributed by atoms with Gasteiger partial charge >= 0.3 is 0 Å². The van der Waals surface area contributed by atoms with Gasteiger partial charge in [-0.2, -0.15) is 0 Å². The van der Waals surface area contributed by atoms with E-state index in [0.29, 0.717) is 23.6 Å². The van der Waals surface area contributed by atoms with Crippen LogP contribution in [0.5, 0.6) is 0 Å². The van der Waals surface area contributed by atoms with Crippen LogP contribution in [-0.2, 0) is 10.3 Å². The minimum absolute atomic E-state index is 0.225. The van der Waals surface area contributed by atoms with E-state index in [1.807, 2.05) is 26.0 Å². The molecule has 4 rings (SSSR count).